The third kappa shape index (κ3) is 3.43. The summed E-state index contributed by atoms with van der Waals surface area (Å²) in [6, 6.07) is 15.3. The third-order valence-electron chi connectivity index (χ3n) is 3.50. The number of hydrogen-bond acceptors (Lipinski definition) is 2. The van der Waals surface area contributed by atoms with Gasteiger partial charge in [0.25, 0.3) is 5.91 Å². The molecule has 0 heterocycles. The predicted molar refractivity (Wildman–Crippen MR) is 88.6 cm³/mol. The van der Waals surface area contributed by atoms with Gasteiger partial charge in [-0.15, -0.1) is 0 Å². The molecule has 0 aliphatic rings. The van der Waals surface area contributed by atoms with E-state index < -0.39 is 0 Å². The highest BCUT2D eigenvalue weighted by atomic mass is 16.2. The molecule has 0 aliphatic carbocycles. The van der Waals surface area contributed by atoms with Gasteiger partial charge in [0.2, 0.25) is 0 Å². The van der Waals surface area contributed by atoms with Crippen LogP contribution >= 0.6 is 0 Å². The van der Waals surface area contributed by atoms with E-state index in [-0.39, 0.29) is 5.91 Å². The first-order valence-corrected chi connectivity index (χ1v) is 7.42. The first kappa shape index (κ1) is 15.1. The molecule has 2 aromatic carbocycles. The van der Waals surface area contributed by atoms with Gasteiger partial charge in [0.1, 0.15) is 0 Å². The fourth-order valence-electron chi connectivity index (χ4n) is 2.45. The zero-order valence-corrected chi connectivity index (χ0v) is 12.7. The number of nitrogens with two attached hydrogens (primary N) is 1. The maximum atomic E-state index is 12.9. The number of aryl methyl sites for hydroxylation is 1. The van der Waals surface area contributed by atoms with Gasteiger partial charge >= 0.3 is 0 Å². The van der Waals surface area contributed by atoms with E-state index in [1.807, 2.05) is 53.4 Å². The lowest BCUT2D eigenvalue weighted by Crippen LogP contribution is -2.32. The summed E-state index contributed by atoms with van der Waals surface area (Å²) >= 11 is 0. The molecule has 0 aromatic heterocycles. The zero-order chi connectivity index (χ0) is 15.2. The Labute approximate surface area is 126 Å². The average molecular weight is 282 g/mol. The van der Waals surface area contributed by atoms with Crippen molar-refractivity contribution in [2.75, 3.05) is 17.2 Å². The van der Waals surface area contributed by atoms with Crippen LogP contribution in [0.4, 0.5) is 11.4 Å². The van der Waals surface area contributed by atoms with Crippen molar-refractivity contribution in [2.45, 2.75) is 26.7 Å². The standard InChI is InChI=1S/C18H22N2O/c1-3-12-20(16-10-7-9-15(19)13-16)18(21)17-11-6-5-8-14(17)4-2/h5-11,13H,3-4,12,19H2,1-2H3. The maximum absolute atomic E-state index is 12.9. The van der Waals surface area contributed by atoms with Gasteiger partial charge in [0, 0.05) is 23.5 Å². The molecule has 21 heavy (non-hydrogen) atoms. The monoisotopic (exact) mass is 282 g/mol. The van der Waals surface area contributed by atoms with Crippen molar-refractivity contribution in [1.82, 2.24) is 0 Å². The Morgan fingerprint density at radius 1 is 1.10 bits per heavy atom. The van der Waals surface area contributed by atoms with Crippen LogP contribution in [-0.4, -0.2) is 12.5 Å². The van der Waals surface area contributed by atoms with Crippen LogP contribution in [0.2, 0.25) is 0 Å². The first-order chi connectivity index (χ1) is 10.2. The van der Waals surface area contributed by atoms with Crippen molar-refractivity contribution < 1.29 is 4.79 Å². The van der Waals surface area contributed by atoms with Crippen LogP contribution < -0.4 is 10.6 Å². The molecule has 2 aromatic rings. The Bertz CT molecular complexity index is 622. The second-order valence-electron chi connectivity index (χ2n) is 5.06. The molecule has 0 radical (unpaired) electrons. The van der Waals surface area contributed by atoms with Gasteiger partial charge in [0.15, 0.2) is 0 Å². The minimum absolute atomic E-state index is 0.0416. The molecule has 110 valence electrons. The number of benzene rings is 2. The van der Waals surface area contributed by atoms with Gasteiger partial charge in [0.05, 0.1) is 0 Å². The summed E-state index contributed by atoms with van der Waals surface area (Å²) in [7, 11) is 0. The van der Waals surface area contributed by atoms with E-state index in [1.54, 1.807) is 0 Å². The molecular formula is C18H22N2O. The Kier molecular flexibility index (Phi) is 4.99. The lowest BCUT2D eigenvalue weighted by molar-refractivity contribution is 0.0986. The van der Waals surface area contributed by atoms with Crippen LogP contribution in [0.1, 0.15) is 36.2 Å². The molecule has 0 atom stereocenters. The molecule has 1 amide bonds. The van der Waals surface area contributed by atoms with E-state index in [0.29, 0.717) is 12.2 Å². The summed E-state index contributed by atoms with van der Waals surface area (Å²) in [6.07, 6.45) is 1.74. The topological polar surface area (TPSA) is 46.3 Å². The van der Waals surface area contributed by atoms with Crippen LogP contribution in [0.15, 0.2) is 48.5 Å². The number of nitrogen functional groups attached to an aromatic ring is 1. The van der Waals surface area contributed by atoms with E-state index in [0.717, 1.165) is 29.7 Å². The fraction of sp³-hybridized carbons (Fsp3) is 0.278. The van der Waals surface area contributed by atoms with Crippen LogP contribution in [0.25, 0.3) is 0 Å². The number of rotatable bonds is 5. The zero-order valence-electron chi connectivity index (χ0n) is 12.7. The van der Waals surface area contributed by atoms with E-state index in [1.165, 1.54) is 0 Å². The lowest BCUT2D eigenvalue weighted by Gasteiger charge is -2.23. The minimum Gasteiger partial charge on any atom is -0.399 e. The SMILES string of the molecule is CCCN(C(=O)c1ccccc1CC)c1cccc(N)c1. The van der Waals surface area contributed by atoms with Gasteiger partial charge < -0.3 is 10.6 Å². The van der Waals surface area contributed by atoms with Gasteiger partial charge in [-0.1, -0.05) is 38.1 Å². The van der Waals surface area contributed by atoms with Crippen LogP contribution in [0.3, 0.4) is 0 Å². The molecule has 0 saturated heterocycles. The second-order valence-corrected chi connectivity index (χ2v) is 5.06. The first-order valence-electron chi connectivity index (χ1n) is 7.42. The summed E-state index contributed by atoms with van der Waals surface area (Å²) in [5.41, 5.74) is 9.23. The van der Waals surface area contributed by atoms with Gasteiger partial charge in [-0.3, -0.25) is 4.79 Å². The van der Waals surface area contributed by atoms with Crippen molar-refractivity contribution in [2.24, 2.45) is 0 Å². The summed E-state index contributed by atoms with van der Waals surface area (Å²) in [5.74, 6) is 0.0416. The molecular weight excluding hydrogens is 260 g/mol. The second kappa shape index (κ2) is 6.93. The lowest BCUT2D eigenvalue weighted by atomic mass is 10.0. The molecule has 0 saturated carbocycles. The van der Waals surface area contributed by atoms with Crippen molar-refractivity contribution in [3.05, 3.63) is 59.7 Å². The number of carbonyl (C=O) groups is 1. The smallest absolute Gasteiger partial charge is 0.258 e. The predicted octanol–water partition coefficient (Wildman–Crippen LogP) is 3.89. The molecule has 0 spiro atoms. The normalized spacial score (nSPS) is 10.4. The van der Waals surface area contributed by atoms with Gasteiger partial charge in [-0.05, 0) is 42.7 Å². The Balaban J connectivity index is 2.40. The Hall–Kier alpha value is -2.29. The Morgan fingerprint density at radius 2 is 1.86 bits per heavy atom. The maximum Gasteiger partial charge on any atom is 0.258 e. The summed E-state index contributed by atoms with van der Waals surface area (Å²) in [6.45, 7) is 4.81. The summed E-state index contributed by atoms with van der Waals surface area (Å²) in [4.78, 5) is 14.7. The van der Waals surface area contributed by atoms with Crippen molar-refractivity contribution in [3.63, 3.8) is 0 Å². The van der Waals surface area contributed by atoms with E-state index in [4.69, 9.17) is 5.73 Å². The molecule has 2 N–H and O–H groups in total. The molecule has 2 rings (SSSR count). The Morgan fingerprint density at radius 3 is 2.52 bits per heavy atom. The van der Waals surface area contributed by atoms with Gasteiger partial charge in [-0.2, -0.15) is 0 Å². The van der Waals surface area contributed by atoms with Crippen molar-refractivity contribution in [1.29, 1.82) is 0 Å². The number of nitrogens with zero attached hydrogens (tertiary/aromatic N) is 1. The summed E-state index contributed by atoms with van der Waals surface area (Å²) in [5, 5.41) is 0. The quantitative estimate of drug-likeness (QED) is 0.846. The number of amides is 1. The molecule has 0 fully saturated rings. The van der Waals surface area contributed by atoms with Gasteiger partial charge in [-0.25, -0.2) is 0 Å². The molecule has 3 heteroatoms. The average Bonchev–Trinajstić information content (AvgIpc) is 2.52. The molecule has 3 nitrogen and oxygen atoms in total. The third-order valence-corrected chi connectivity index (χ3v) is 3.50. The van der Waals surface area contributed by atoms with E-state index in [2.05, 4.69) is 13.8 Å². The van der Waals surface area contributed by atoms with Crippen LogP contribution in [-0.2, 0) is 6.42 Å². The van der Waals surface area contributed by atoms with Crippen molar-refractivity contribution in [3.8, 4) is 0 Å². The molecule has 0 bridgehead atoms. The van der Waals surface area contributed by atoms with Crippen LogP contribution in [0, 0.1) is 0 Å². The number of carbonyl (C=O) groups excluding carboxylic acids is 1. The largest absolute Gasteiger partial charge is 0.399 e. The number of anilines is 2. The molecule has 0 unspecified atom stereocenters. The van der Waals surface area contributed by atoms with Crippen LogP contribution in [0.5, 0.6) is 0 Å². The highest BCUT2D eigenvalue weighted by Crippen LogP contribution is 2.22. The van der Waals surface area contributed by atoms with E-state index >= 15 is 0 Å². The highest BCUT2D eigenvalue weighted by Gasteiger charge is 2.19. The number of hydrogen-bond donors (Lipinski definition) is 1. The fourth-order valence-corrected chi connectivity index (χ4v) is 2.45. The minimum atomic E-state index is 0.0416. The summed E-state index contributed by atoms with van der Waals surface area (Å²) < 4.78 is 0. The van der Waals surface area contributed by atoms with Crippen molar-refractivity contribution >= 4 is 17.3 Å². The van der Waals surface area contributed by atoms with E-state index in [9.17, 15) is 4.79 Å². The highest BCUT2D eigenvalue weighted by molar-refractivity contribution is 6.07. The molecule has 0 aliphatic heterocycles.